The van der Waals surface area contributed by atoms with E-state index in [2.05, 4.69) is 14.8 Å². The summed E-state index contributed by atoms with van der Waals surface area (Å²) in [6.07, 6.45) is 5.47. The fraction of sp³-hybridized carbons (Fsp3) is 0.222. The number of nitrogens with one attached hydrogen (secondary N) is 1. The molecule has 0 aliphatic rings. The van der Waals surface area contributed by atoms with Gasteiger partial charge in [-0.1, -0.05) is 24.3 Å². The number of hydrogen-bond donors (Lipinski definition) is 1. The van der Waals surface area contributed by atoms with Crippen LogP contribution in [0.25, 0.3) is 22.4 Å². The first-order chi connectivity index (χ1) is 12.0. The molecule has 0 aliphatic heterocycles. The number of aromatic nitrogens is 3. The van der Waals surface area contributed by atoms with Crippen molar-refractivity contribution in [1.29, 1.82) is 0 Å². The van der Waals surface area contributed by atoms with Crippen molar-refractivity contribution in [2.75, 3.05) is 5.75 Å². The lowest BCUT2D eigenvalue weighted by Crippen LogP contribution is -2.24. The van der Waals surface area contributed by atoms with E-state index in [9.17, 15) is 8.42 Å². The van der Waals surface area contributed by atoms with Gasteiger partial charge in [0.25, 0.3) is 0 Å². The molecule has 0 spiro atoms. The molecule has 0 atom stereocenters. The van der Waals surface area contributed by atoms with Gasteiger partial charge in [-0.05, 0) is 30.2 Å². The summed E-state index contributed by atoms with van der Waals surface area (Å²) < 4.78 is 27.4. The minimum atomic E-state index is -3.19. The highest BCUT2D eigenvalue weighted by Gasteiger charge is 2.12. The van der Waals surface area contributed by atoms with E-state index in [1.807, 2.05) is 49.6 Å². The van der Waals surface area contributed by atoms with Gasteiger partial charge in [-0.25, -0.2) is 13.1 Å². The summed E-state index contributed by atoms with van der Waals surface area (Å²) in [6.45, 7) is 1.91. The minimum Gasteiger partial charge on any atom is -0.275 e. The van der Waals surface area contributed by atoms with Crippen molar-refractivity contribution in [2.45, 2.75) is 13.5 Å². The van der Waals surface area contributed by atoms with Gasteiger partial charge in [0, 0.05) is 43.3 Å². The van der Waals surface area contributed by atoms with Crippen molar-refractivity contribution in [3.8, 4) is 22.4 Å². The summed E-state index contributed by atoms with van der Waals surface area (Å²) in [6, 6.07) is 11.7. The first-order valence-corrected chi connectivity index (χ1v) is 9.64. The van der Waals surface area contributed by atoms with Gasteiger partial charge < -0.3 is 0 Å². The van der Waals surface area contributed by atoms with Crippen LogP contribution in [0.3, 0.4) is 0 Å². The summed E-state index contributed by atoms with van der Waals surface area (Å²) in [5, 5.41) is 4.56. The molecule has 6 nitrogen and oxygen atoms in total. The first kappa shape index (κ1) is 17.3. The number of hydrogen-bond acceptors (Lipinski definition) is 4. The summed E-state index contributed by atoms with van der Waals surface area (Å²) in [7, 11) is -1.30. The molecule has 0 aliphatic carbocycles. The molecule has 130 valence electrons. The lowest BCUT2D eigenvalue weighted by atomic mass is 10.0. The van der Waals surface area contributed by atoms with Crippen LogP contribution in [-0.4, -0.2) is 28.9 Å². The number of nitrogens with zero attached hydrogens (tertiary/aromatic N) is 3. The van der Waals surface area contributed by atoms with Crippen LogP contribution in [-0.2, 0) is 23.6 Å². The maximum Gasteiger partial charge on any atom is 0.211 e. The molecule has 3 aromatic rings. The molecule has 0 saturated carbocycles. The Labute approximate surface area is 147 Å². The zero-order valence-electron chi connectivity index (χ0n) is 14.2. The van der Waals surface area contributed by atoms with E-state index in [-0.39, 0.29) is 5.75 Å². The third-order valence-electron chi connectivity index (χ3n) is 3.92. The second-order valence-electron chi connectivity index (χ2n) is 5.72. The van der Waals surface area contributed by atoms with Gasteiger partial charge in [-0.15, -0.1) is 0 Å². The van der Waals surface area contributed by atoms with Crippen LogP contribution in [0.5, 0.6) is 0 Å². The normalized spacial score (nSPS) is 11.6. The average molecular weight is 356 g/mol. The molecule has 1 N–H and O–H groups in total. The smallest absolute Gasteiger partial charge is 0.211 e. The molecule has 0 fully saturated rings. The molecular weight excluding hydrogens is 336 g/mol. The van der Waals surface area contributed by atoms with Crippen LogP contribution in [0.1, 0.15) is 12.5 Å². The van der Waals surface area contributed by atoms with Gasteiger partial charge in [0.2, 0.25) is 10.0 Å². The Morgan fingerprint density at radius 1 is 1.04 bits per heavy atom. The van der Waals surface area contributed by atoms with Crippen LogP contribution in [0.15, 0.2) is 55.0 Å². The predicted octanol–water partition coefficient (Wildman–Crippen LogP) is 2.59. The summed E-state index contributed by atoms with van der Waals surface area (Å²) in [4.78, 5) is 4.05. The van der Waals surface area contributed by atoms with E-state index in [0.717, 1.165) is 27.9 Å². The topological polar surface area (TPSA) is 76.9 Å². The van der Waals surface area contributed by atoms with Crippen molar-refractivity contribution < 1.29 is 8.42 Å². The molecule has 25 heavy (non-hydrogen) atoms. The van der Waals surface area contributed by atoms with Gasteiger partial charge in [0.05, 0.1) is 5.75 Å². The molecule has 2 aromatic heterocycles. The number of benzene rings is 1. The van der Waals surface area contributed by atoms with Crippen LogP contribution in [0, 0.1) is 0 Å². The Balaban J connectivity index is 1.86. The second kappa shape index (κ2) is 7.16. The minimum absolute atomic E-state index is 0.0794. The average Bonchev–Trinajstić information content (AvgIpc) is 3.03. The fourth-order valence-corrected chi connectivity index (χ4v) is 3.11. The SMILES string of the molecule is CCS(=O)(=O)NCc1ccc(-c2cn(C)nc2-c2ccncc2)cc1. The highest BCUT2D eigenvalue weighted by Crippen LogP contribution is 2.30. The Bertz CT molecular complexity index is 949. The summed E-state index contributed by atoms with van der Waals surface area (Å²) in [5.74, 6) is 0.0794. The van der Waals surface area contributed by atoms with E-state index in [0.29, 0.717) is 6.54 Å². The van der Waals surface area contributed by atoms with Gasteiger partial charge in [0.15, 0.2) is 0 Å². The Morgan fingerprint density at radius 2 is 1.72 bits per heavy atom. The van der Waals surface area contributed by atoms with Crippen molar-refractivity contribution >= 4 is 10.0 Å². The maximum atomic E-state index is 11.5. The molecule has 0 radical (unpaired) electrons. The third kappa shape index (κ3) is 4.12. The lowest BCUT2D eigenvalue weighted by molar-refractivity contribution is 0.582. The van der Waals surface area contributed by atoms with Gasteiger partial charge in [0.1, 0.15) is 5.69 Å². The highest BCUT2D eigenvalue weighted by molar-refractivity contribution is 7.89. The van der Waals surface area contributed by atoms with Crippen molar-refractivity contribution in [3.63, 3.8) is 0 Å². The Morgan fingerprint density at radius 3 is 2.36 bits per heavy atom. The van der Waals surface area contributed by atoms with Gasteiger partial charge in [-0.2, -0.15) is 5.10 Å². The molecule has 1 aromatic carbocycles. The summed E-state index contributed by atoms with van der Waals surface area (Å²) >= 11 is 0. The lowest BCUT2D eigenvalue weighted by Gasteiger charge is -2.06. The van der Waals surface area contributed by atoms with Crippen molar-refractivity contribution in [3.05, 3.63) is 60.6 Å². The van der Waals surface area contributed by atoms with E-state index in [1.54, 1.807) is 24.0 Å². The monoisotopic (exact) mass is 356 g/mol. The van der Waals surface area contributed by atoms with Crippen molar-refractivity contribution in [1.82, 2.24) is 19.5 Å². The predicted molar refractivity (Wildman–Crippen MR) is 98.2 cm³/mol. The largest absolute Gasteiger partial charge is 0.275 e. The second-order valence-corrected chi connectivity index (χ2v) is 7.82. The van der Waals surface area contributed by atoms with Crippen LogP contribution in [0.4, 0.5) is 0 Å². The maximum absolute atomic E-state index is 11.5. The van der Waals surface area contributed by atoms with Crippen LogP contribution in [0.2, 0.25) is 0 Å². The van der Waals surface area contributed by atoms with E-state index >= 15 is 0 Å². The quantitative estimate of drug-likeness (QED) is 0.736. The molecule has 7 heteroatoms. The molecule has 0 unspecified atom stereocenters. The van der Waals surface area contributed by atoms with Crippen molar-refractivity contribution in [2.24, 2.45) is 7.05 Å². The molecule has 2 heterocycles. The zero-order valence-corrected chi connectivity index (χ0v) is 15.0. The number of pyridine rings is 1. The standard InChI is InChI=1S/C18H20N4O2S/c1-3-25(23,24)20-12-14-4-6-15(7-5-14)17-13-22(2)21-18(17)16-8-10-19-11-9-16/h4-11,13,20H,3,12H2,1-2H3. The van der Waals surface area contributed by atoms with E-state index in [4.69, 9.17) is 0 Å². The number of rotatable bonds is 6. The van der Waals surface area contributed by atoms with E-state index < -0.39 is 10.0 Å². The Hall–Kier alpha value is -2.51. The van der Waals surface area contributed by atoms with Gasteiger partial charge >= 0.3 is 0 Å². The summed E-state index contributed by atoms with van der Waals surface area (Å²) in [5.41, 5.74) is 4.86. The zero-order chi connectivity index (χ0) is 17.9. The molecule has 0 bridgehead atoms. The van der Waals surface area contributed by atoms with E-state index in [1.165, 1.54) is 0 Å². The highest BCUT2D eigenvalue weighted by atomic mass is 32.2. The fourth-order valence-electron chi connectivity index (χ4n) is 2.52. The number of aryl methyl sites for hydroxylation is 1. The van der Waals surface area contributed by atoms with Crippen LogP contribution >= 0.6 is 0 Å². The first-order valence-electron chi connectivity index (χ1n) is 7.99. The van der Waals surface area contributed by atoms with Crippen LogP contribution < -0.4 is 4.72 Å². The molecular formula is C18H20N4O2S. The number of sulfonamides is 1. The molecule has 0 saturated heterocycles. The molecule has 0 amide bonds. The van der Waals surface area contributed by atoms with Gasteiger partial charge in [-0.3, -0.25) is 9.67 Å². The molecule has 3 rings (SSSR count). The third-order valence-corrected chi connectivity index (χ3v) is 5.27. The Kier molecular flexibility index (Phi) is 4.96.